The van der Waals surface area contributed by atoms with E-state index >= 15 is 0 Å². The van der Waals surface area contributed by atoms with Crippen LogP contribution in [0.15, 0.2) is 0 Å². The average Bonchev–Trinajstić information content (AvgIpc) is 1.91. The number of hydrogen-bond acceptors (Lipinski definition) is 0. The van der Waals surface area contributed by atoms with E-state index in [4.69, 9.17) is 0 Å². The molecule has 0 aliphatic carbocycles. The molecule has 0 aliphatic heterocycles. The van der Waals surface area contributed by atoms with Crippen molar-refractivity contribution in [2.75, 3.05) is 0 Å². The molecule has 0 fully saturated rings. The summed E-state index contributed by atoms with van der Waals surface area (Å²) >= 11 is 0.733. The Kier molecular flexibility index (Phi) is 7.04. The summed E-state index contributed by atoms with van der Waals surface area (Å²) in [6.07, 6.45) is 5.71. The average molecular weight is 141 g/mol. The Morgan fingerprint density at radius 1 is 1.33 bits per heavy atom. The Hall–Kier alpha value is 0.532. The quantitative estimate of drug-likeness (QED) is 0.516. The van der Waals surface area contributed by atoms with Crippen LogP contribution >= 0.6 is 0 Å². The molecule has 1 heteroatoms. The number of hydrogen-bond donors (Lipinski definition) is 0. The van der Waals surface area contributed by atoms with E-state index in [1.54, 1.807) is 0 Å². The van der Waals surface area contributed by atoms with Gasteiger partial charge in [0.1, 0.15) is 0 Å². The Morgan fingerprint density at radius 3 is 2.33 bits per heavy atom. The summed E-state index contributed by atoms with van der Waals surface area (Å²) in [6.45, 7) is 4.59. The van der Waals surface area contributed by atoms with Gasteiger partial charge in [0.05, 0.1) is 0 Å². The standard InChI is InChI=1S/C7H15.CH3.Al/c1-3-5-7-6-4-2;;/h5H,3-4,6-7H2,1-2H3;1H3;. The Balaban J connectivity index is 3.09. The first-order chi connectivity index (χ1) is 4.35. The van der Waals surface area contributed by atoms with Crippen molar-refractivity contribution in [2.45, 2.75) is 50.1 Å². The number of unbranched alkanes of at least 4 members (excludes halogenated alkanes) is 1. The molecule has 0 spiro atoms. The first-order valence-electron chi connectivity index (χ1n) is 4.14. The molecular formula is C8H18Al. The molecule has 0 bridgehead atoms. The van der Waals surface area contributed by atoms with Gasteiger partial charge in [0.25, 0.3) is 0 Å². The summed E-state index contributed by atoms with van der Waals surface area (Å²) in [6, 6.07) is 0. The van der Waals surface area contributed by atoms with Crippen LogP contribution in [0.1, 0.15) is 39.5 Å². The first-order valence-corrected chi connectivity index (χ1v) is 5.96. The predicted octanol–water partition coefficient (Wildman–Crippen LogP) is 3.13. The molecule has 0 amide bonds. The van der Waals surface area contributed by atoms with Crippen LogP contribution in [0, 0.1) is 0 Å². The molecule has 0 aliphatic rings. The zero-order valence-corrected chi connectivity index (χ0v) is 8.14. The third-order valence-electron chi connectivity index (χ3n) is 1.92. The lowest BCUT2D eigenvalue weighted by Crippen LogP contribution is -1.97. The van der Waals surface area contributed by atoms with Crippen molar-refractivity contribution in [3.05, 3.63) is 0 Å². The van der Waals surface area contributed by atoms with Gasteiger partial charge >= 0.3 is 0 Å². The smallest absolute Gasteiger partial charge is 0.115 e. The second kappa shape index (κ2) is 6.65. The van der Waals surface area contributed by atoms with Gasteiger partial charge in [0.2, 0.25) is 15.2 Å². The van der Waals surface area contributed by atoms with Gasteiger partial charge in [-0.2, -0.15) is 0 Å². The molecule has 1 radical (unpaired) electrons. The Morgan fingerprint density at radius 2 is 2.00 bits per heavy atom. The van der Waals surface area contributed by atoms with Crippen LogP contribution in [-0.2, 0) is 0 Å². The highest BCUT2D eigenvalue weighted by atomic mass is 27.1. The summed E-state index contributed by atoms with van der Waals surface area (Å²) < 4.78 is 1.09. The Bertz CT molecular complexity index is 48.5. The molecule has 0 aromatic rings. The third-order valence-corrected chi connectivity index (χ3v) is 3.67. The molecule has 1 unspecified atom stereocenters. The van der Waals surface area contributed by atoms with E-state index in [9.17, 15) is 0 Å². The van der Waals surface area contributed by atoms with Crippen LogP contribution in [0.5, 0.6) is 0 Å². The van der Waals surface area contributed by atoms with Crippen LogP contribution in [0.25, 0.3) is 0 Å². The van der Waals surface area contributed by atoms with E-state index in [2.05, 4.69) is 19.6 Å². The molecule has 53 valence electrons. The van der Waals surface area contributed by atoms with Gasteiger partial charge < -0.3 is 0 Å². The van der Waals surface area contributed by atoms with E-state index in [0.717, 1.165) is 20.0 Å². The molecule has 0 aromatic heterocycles. The highest BCUT2D eigenvalue weighted by molar-refractivity contribution is 6.35. The van der Waals surface area contributed by atoms with Crippen LogP contribution in [0.4, 0.5) is 0 Å². The molecular weight excluding hydrogens is 123 g/mol. The van der Waals surface area contributed by atoms with Gasteiger partial charge in [-0.15, -0.1) is 5.79 Å². The monoisotopic (exact) mass is 141 g/mol. The molecule has 0 heterocycles. The van der Waals surface area contributed by atoms with Crippen molar-refractivity contribution in [3.63, 3.8) is 0 Å². The van der Waals surface area contributed by atoms with E-state index in [1.807, 2.05) is 0 Å². The molecule has 0 saturated carbocycles. The topological polar surface area (TPSA) is 0 Å². The maximum Gasteiger partial charge on any atom is 0.200 e. The van der Waals surface area contributed by atoms with E-state index in [-0.39, 0.29) is 0 Å². The molecule has 0 saturated heterocycles. The maximum absolute atomic E-state index is 2.38. The number of rotatable bonds is 5. The van der Waals surface area contributed by atoms with Crippen molar-refractivity contribution in [2.24, 2.45) is 0 Å². The molecule has 1 atom stereocenters. The largest absolute Gasteiger partial charge is 0.200 e. The van der Waals surface area contributed by atoms with E-state index in [1.165, 1.54) is 25.7 Å². The maximum atomic E-state index is 2.38. The fourth-order valence-corrected chi connectivity index (χ4v) is 2.11. The van der Waals surface area contributed by atoms with Crippen LogP contribution in [0.3, 0.4) is 0 Å². The van der Waals surface area contributed by atoms with Crippen molar-refractivity contribution in [1.29, 1.82) is 0 Å². The van der Waals surface area contributed by atoms with Crippen molar-refractivity contribution in [1.82, 2.24) is 0 Å². The van der Waals surface area contributed by atoms with Crippen molar-refractivity contribution < 1.29 is 0 Å². The summed E-state index contributed by atoms with van der Waals surface area (Å²) in [4.78, 5) is 0. The van der Waals surface area contributed by atoms with Crippen LogP contribution in [-0.4, -0.2) is 15.2 Å². The lowest BCUT2D eigenvalue weighted by molar-refractivity contribution is 0.650. The highest BCUT2D eigenvalue weighted by Crippen LogP contribution is 2.16. The lowest BCUT2D eigenvalue weighted by atomic mass is 10.2. The van der Waals surface area contributed by atoms with E-state index in [0.29, 0.717) is 0 Å². The van der Waals surface area contributed by atoms with Gasteiger partial charge in [-0.25, -0.2) is 0 Å². The summed E-state index contributed by atoms with van der Waals surface area (Å²) in [5.74, 6) is 2.38. The predicted molar refractivity (Wildman–Crippen MR) is 45.2 cm³/mol. The summed E-state index contributed by atoms with van der Waals surface area (Å²) in [5, 5.41) is 0. The van der Waals surface area contributed by atoms with Gasteiger partial charge in [-0.3, -0.25) is 0 Å². The molecule has 0 nitrogen and oxygen atoms in total. The normalized spacial score (nSPS) is 13.2. The fourth-order valence-electron chi connectivity index (χ4n) is 1.07. The van der Waals surface area contributed by atoms with Crippen molar-refractivity contribution >= 4 is 15.2 Å². The van der Waals surface area contributed by atoms with Gasteiger partial charge in [-0.1, -0.05) is 44.3 Å². The van der Waals surface area contributed by atoms with Crippen LogP contribution in [0.2, 0.25) is 10.6 Å². The minimum atomic E-state index is 0.733. The van der Waals surface area contributed by atoms with Crippen molar-refractivity contribution in [3.8, 4) is 0 Å². The lowest BCUT2D eigenvalue weighted by Gasteiger charge is -2.08. The van der Waals surface area contributed by atoms with Crippen LogP contribution < -0.4 is 0 Å². The summed E-state index contributed by atoms with van der Waals surface area (Å²) in [7, 11) is 0. The third kappa shape index (κ3) is 5.00. The minimum Gasteiger partial charge on any atom is -0.115 e. The van der Waals surface area contributed by atoms with Gasteiger partial charge in [0, 0.05) is 0 Å². The SMILES string of the molecule is CCCC[CH](CC)[Al][CH3]. The fraction of sp³-hybridized carbons (Fsp3) is 1.00. The molecule has 0 aromatic carbocycles. The molecule has 9 heavy (non-hydrogen) atoms. The van der Waals surface area contributed by atoms with Gasteiger partial charge in [-0.05, 0) is 0 Å². The summed E-state index contributed by atoms with van der Waals surface area (Å²) in [5.41, 5.74) is 0. The molecule has 0 rings (SSSR count). The second-order valence-corrected chi connectivity index (χ2v) is 4.25. The Labute approximate surface area is 65.7 Å². The minimum absolute atomic E-state index is 0.733. The molecule has 0 N–H and O–H groups in total. The highest BCUT2D eigenvalue weighted by Gasteiger charge is 2.01. The van der Waals surface area contributed by atoms with E-state index < -0.39 is 0 Å². The first kappa shape index (κ1) is 9.53. The zero-order chi connectivity index (χ0) is 7.11. The van der Waals surface area contributed by atoms with Gasteiger partial charge in [0.15, 0.2) is 0 Å². The zero-order valence-electron chi connectivity index (χ0n) is 6.98. The second-order valence-electron chi connectivity index (χ2n) is 2.64.